The van der Waals surface area contributed by atoms with Crippen molar-refractivity contribution in [1.29, 1.82) is 0 Å². The van der Waals surface area contributed by atoms with Crippen molar-refractivity contribution in [3.05, 3.63) is 41.5 Å². The number of ether oxygens (including phenoxy) is 3. The zero-order valence-electron chi connectivity index (χ0n) is 15.4. The van der Waals surface area contributed by atoms with Crippen LogP contribution in [0, 0.1) is 0 Å². The zero-order chi connectivity index (χ0) is 20.2. The molecule has 0 saturated heterocycles. The number of aryl methyl sites for hydroxylation is 1. The number of anilines is 1. The Morgan fingerprint density at radius 2 is 1.63 bits per heavy atom. The first-order valence-electron chi connectivity index (χ1n) is 7.97. The number of hydrogen-bond donors (Lipinski definition) is 2. The normalized spacial score (nSPS) is 11.0. The third-order valence-electron chi connectivity index (χ3n) is 3.94. The summed E-state index contributed by atoms with van der Waals surface area (Å²) in [7, 11) is -0.115. The molecule has 0 aliphatic heterocycles. The van der Waals surface area contributed by atoms with Gasteiger partial charge in [-0.1, -0.05) is 19.1 Å². The van der Waals surface area contributed by atoms with Gasteiger partial charge < -0.3 is 19.3 Å². The molecule has 0 radical (unpaired) electrons. The predicted octanol–water partition coefficient (Wildman–Crippen LogP) is 2.77. The number of carboxylic acids is 1. The molecular formula is C18H21NO7S. The van der Waals surface area contributed by atoms with E-state index in [9.17, 15) is 18.3 Å². The van der Waals surface area contributed by atoms with Gasteiger partial charge in [-0.05, 0) is 24.1 Å². The molecular weight excluding hydrogens is 374 g/mol. The van der Waals surface area contributed by atoms with Gasteiger partial charge in [0.05, 0.1) is 31.8 Å². The average molecular weight is 395 g/mol. The van der Waals surface area contributed by atoms with E-state index < -0.39 is 16.0 Å². The molecule has 27 heavy (non-hydrogen) atoms. The van der Waals surface area contributed by atoms with Gasteiger partial charge in [-0.2, -0.15) is 0 Å². The third-order valence-corrected chi connectivity index (χ3v) is 5.30. The van der Waals surface area contributed by atoms with E-state index in [1.54, 1.807) is 12.1 Å². The second kappa shape index (κ2) is 8.17. The number of aromatic carboxylic acids is 1. The quantitative estimate of drug-likeness (QED) is 0.707. The van der Waals surface area contributed by atoms with Gasteiger partial charge in [-0.15, -0.1) is 0 Å². The molecule has 0 unspecified atom stereocenters. The van der Waals surface area contributed by atoms with E-state index in [4.69, 9.17) is 14.2 Å². The molecule has 0 amide bonds. The van der Waals surface area contributed by atoms with Crippen LogP contribution >= 0.6 is 0 Å². The lowest BCUT2D eigenvalue weighted by Gasteiger charge is -2.19. The second-order valence-corrected chi connectivity index (χ2v) is 7.16. The van der Waals surface area contributed by atoms with E-state index in [1.165, 1.54) is 39.5 Å². The third kappa shape index (κ3) is 4.08. The number of methoxy groups -OCH3 is 3. The van der Waals surface area contributed by atoms with Crippen molar-refractivity contribution >= 4 is 21.7 Å². The summed E-state index contributed by atoms with van der Waals surface area (Å²) in [5.74, 6) is -1.28. The fourth-order valence-electron chi connectivity index (χ4n) is 2.52. The van der Waals surface area contributed by atoms with Crippen molar-refractivity contribution < 1.29 is 32.5 Å². The van der Waals surface area contributed by atoms with Crippen molar-refractivity contribution in [3.63, 3.8) is 0 Å². The van der Waals surface area contributed by atoms with Crippen LogP contribution in [0.4, 0.5) is 5.69 Å². The van der Waals surface area contributed by atoms with Gasteiger partial charge in [0.1, 0.15) is 5.69 Å². The van der Waals surface area contributed by atoms with Crippen LogP contribution in [-0.4, -0.2) is 40.8 Å². The van der Waals surface area contributed by atoms with E-state index in [-0.39, 0.29) is 33.4 Å². The Morgan fingerprint density at radius 3 is 2.07 bits per heavy atom. The van der Waals surface area contributed by atoms with E-state index in [2.05, 4.69) is 4.72 Å². The first kappa shape index (κ1) is 20.4. The van der Waals surface area contributed by atoms with E-state index >= 15 is 0 Å². The summed E-state index contributed by atoms with van der Waals surface area (Å²) in [4.78, 5) is 11.7. The SMILES string of the molecule is CCc1ccc(S(=O)(=O)Nc2c(C(=O)O)cc(OC)c(OC)c2OC)cc1. The van der Waals surface area contributed by atoms with Gasteiger partial charge in [0.25, 0.3) is 10.0 Å². The van der Waals surface area contributed by atoms with Crippen molar-refractivity contribution in [2.24, 2.45) is 0 Å². The Morgan fingerprint density at radius 1 is 1.04 bits per heavy atom. The van der Waals surface area contributed by atoms with Gasteiger partial charge in [0.2, 0.25) is 5.75 Å². The molecule has 0 spiro atoms. The lowest BCUT2D eigenvalue weighted by atomic mass is 10.1. The largest absolute Gasteiger partial charge is 0.493 e. The highest BCUT2D eigenvalue weighted by atomic mass is 32.2. The summed E-state index contributed by atoms with van der Waals surface area (Å²) in [6.45, 7) is 1.95. The van der Waals surface area contributed by atoms with Crippen LogP contribution < -0.4 is 18.9 Å². The van der Waals surface area contributed by atoms with Crippen molar-refractivity contribution in [2.75, 3.05) is 26.1 Å². The average Bonchev–Trinajstić information content (AvgIpc) is 2.66. The summed E-state index contributed by atoms with van der Waals surface area (Å²) in [6, 6.07) is 7.46. The summed E-state index contributed by atoms with van der Waals surface area (Å²) < 4.78 is 43.4. The zero-order valence-corrected chi connectivity index (χ0v) is 16.2. The number of rotatable bonds is 8. The Balaban J connectivity index is 2.63. The van der Waals surface area contributed by atoms with Gasteiger partial charge in [-0.3, -0.25) is 4.72 Å². The molecule has 0 aliphatic rings. The minimum Gasteiger partial charge on any atom is -0.493 e. The van der Waals surface area contributed by atoms with Crippen LogP contribution in [0.3, 0.4) is 0 Å². The molecule has 2 N–H and O–H groups in total. The van der Waals surface area contributed by atoms with Crippen molar-refractivity contribution in [2.45, 2.75) is 18.2 Å². The Bertz CT molecular complexity index is 937. The van der Waals surface area contributed by atoms with Gasteiger partial charge in [-0.25, -0.2) is 13.2 Å². The molecule has 2 aromatic rings. The monoisotopic (exact) mass is 395 g/mol. The van der Waals surface area contributed by atoms with Gasteiger partial charge >= 0.3 is 5.97 Å². The fraction of sp³-hybridized carbons (Fsp3) is 0.278. The Hall–Kier alpha value is -2.94. The van der Waals surface area contributed by atoms with Crippen LogP contribution in [0.1, 0.15) is 22.8 Å². The van der Waals surface area contributed by atoms with Gasteiger partial charge in [0.15, 0.2) is 11.5 Å². The highest BCUT2D eigenvalue weighted by Gasteiger charge is 2.27. The van der Waals surface area contributed by atoms with E-state index in [1.807, 2.05) is 6.92 Å². The maximum atomic E-state index is 12.8. The number of carbonyl (C=O) groups is 1. The number of benzene rings is 2. The molecule has 8 nitrogen and oxygen atoms in total. The molecule has 0 saturated carbocycles. The highest BCUT2D eigenvalue weighted by Crippen LogP contribution is 2.45. The summed E-state index contributed by atoms with van der Waals surface area (Å²) in [5.41, 5.74) is 0.393. The van der Waals surface area contributed by atoms with Crippen molar-refractivity contribution in [1.82, 2.24) is 0 Å². The molecule has 0 aromatic heterocycles. The molecule has 2 aromatic carbocycles. The molecule has 0 fully saturated rings. The summed E-state index contributed by atoms with van der Waals surface area (Å²) in [5, 5.41) is 9.52. The molecule has 0 bridgehead atoms. The molecule has 146 valence electrons. The molecule has 0 atom stereocenters. The minimum atomic E-state index is -4.06. The Kier molecular flexibility index (Phi) is 6.17. The summed E-state index contributed by atoms with van der Waals surface area (Å²) >= 11 is 0. The summed E-state index contributed by atoms with van der Waals surface area (Å²) in [6.07, 6.45) is 0.764. The molecule has 0 heterocycles. The van der Waals surface area contributed by atoms with Crippen LogP contribution in [0.2, 0.25) is 0 Å². The van der Waals surface area contributed by atoms with Crippen LogP contribution in [0.15, 0.2) is 35.2 Å². The van der Waals surface area contributed by atoms with Crippen LogP contribution in [-0.2, 0) is 16.4 Å². The number of sulfonamides is 1. The van der Waals surface area contributed by atoms with Gasteiger partial charge in [0, 0.05) is 6.07 Å². The predicted molar refractivity (Wildman–Crippen MR) is 99.7 cm³/mol. The topological polar surface area (TPSA) is 111 Å². The van der Waals surface area contributed by atoms with E-state index in [0.29, 0.717) is 0 Å². The van der Waals surface area contributed by atoms with Crippen molar-refractivity contribution in [3.8, 4) is 17.2 Å². The van der Waals surface area contributed by atoms with Crippen LogP contribution in [0.25, 0.3) is 0 Å². The second-order valence-electron chi connectivity index (χ2n) is 5.48. The smallest absolute Gasteiger partial charge is 0.338 e. The highest BCUT2D eigenvalue weighted by molar-refractivity contribution is 7.92. The number of hydrogen-bond acceptors (Lipinski definition) is 6. The number of carboxylic acid groups (broad SMARTS) is 1. The fourth-order valence-corrected chi connectivity index (χ4v) is 3.61. The Labute approximate surface area is 157 Å². The maximum absolute atomic E-state index is 12.8. The lowest BCUT2D eigenvalue weighted by molar-refractivity contribution is 0.0697. The maximum Gasteiger partial charge on any atom is 0.338 e. The first-order valence-corrected chi connectivity index (χ1v) is 9.45. The van der Waals surface area contributed by atoms with E-state index in [0.717, 1.165) is 12.0 Å². The lowest BCUT2D eigenvalue weighted by Crippen LogP contribution is -2.17. The van der Waals surface area contributed by atoms with Crippen LogP contribution in [0.5, 0.6) is 17.2 Å². The standard InChI is InChI=1S/C18H21NO7S/c1-5-11-6-8-12(9-7-11)27(22,23)19-15-13(18(20)21)10-14(24-2)16(25-3)17(15)26-4/h6-10,19H,5H2,1-4H3,(H,20,21). The minimum absolute atomic E-state index is 0.00660. The first-order chi connectivity index (χ1) is 12.8. The molecule has 9 heteroatoms. The molecule has 2 rings (SSSR count). The number of nitrogens with one attached hydrogen (secondary N) is 1. The molecule has 0 aliphatic carbocycles.